The van der Waals surface area contributed by atoms with Crippen LogP contribution in [-0.4, -0.2) is 25.8 Å². The zero-order valence-electron chi connectivity index (χ0n) is 15.7. The molecule has 0 spiro atoms. The van der Waals surface area contributed by atoms with Gasteiger partial charge in [0.05, 0.1) is 17.8 Å². The van der Waals surface area contributed by atoms with Crippen LogP contribution in [0.5, 0.6) is 11.5 Å². The Kier molecular flexibility index (Phi) is 7.86. The zero-order valence-corrected chi connectivity index (χ0v) is 18.8. The maximum Gasteiger partial charge on any atom is 0.277 e. The molecular weight excluding hydrogens is 476 g/mol. The van der Waals surface area contributed by atoms with Crippen molar-refractivity contribution in [1.82, 2.24) is 5.43 Å². The highest BCUT2D eigenvalue weighted by atomic mass is 79.9. The van der Waals surface area contributed by atoms with Crippen molar-refractivity contribution in [3.05, 3.63) is 56.0 Å². The molecule has 2 aromatic carbocycles. The van der Waals surface area contributed by atoms with Crippen LogP contribution in [0.25, 0.3) is 0 Å². The first-order valence-corrected chi connectivity index (χ1v) is 9.98. The molecule has 0 fully saturated rings. The summed E-state index contributed by atoms with van der Waals surface area (Å²) in [6.45, 7) is 6.06. The molecule has 0 unspecified atom stereocenters. The van der Waals surface area contributed by atoms with E-state index in [1.54, 1.807) is 7.11 Å². The predicted molar refractivity (Wildman–Crippen MR) is 115 cm³/mol. The second-order valence-corrected chi connectivity index (χ2v) is 8.06. The molecule has 7 heteroatoms. The molecule has 0 heterocycles. The Labute approximate surface area is 176 Å². The average molecular weight is 498 g/mol. The molecule has 0 aliphatic rings. The highest BCUT2D eigenvalue weighted by molar-refractivity contribution is 9.11. The van der Waals surface area contributed by atoms with Gasteiger partial charge in [-0.05, 0) is 58.1 Å². The number of carbonyl (C=O) groups is 1. The van der Waals surface area contributed by atoms with Gasteiger partial charge in [0.1, 0.15) is 11.5 Å². The number of rotatable bonds is 7. The van der Waals surface area contributed by atoms with Gasteiger partial charge in [-0.25, -0.2) is 5.43 Å². The summed E-state index contributed by atoms with van der Waals surface area (Å²) in [5.41, 5.74) is 5.35. The van der Waals surface area contributed by atoms with Gasteiger partial charge in [-0.3, -0.25) is 4.79 Å². The van der Waals surface area contributed by atoms with Crippen LogP contribution in [-0.2, 0) is 4.79 Å². The van der Waals surface area contributed by atoms with Gasteiger partial charge in [-0.2, -0.15) is 5.10 Å². The summed E-state index contributed by atoms with van der Waals surface area (Å²) in [6, 6.07) is 9.72. The van der Waals surface area contributed by atoms with Gasteiger partial charge in [0, 0.05) is 10.0 Å². The largest absolute Gasteiger partial charge is 0.495 e. The molecule has 0 aliphatic heterocycles. The Bertz CT molecular complexity index is 851. The van der Waals surface area contributed by atoms with Gasteiger partial charge in [0.2, 0.25) is 0 Å². The number of ether oxygens (including phenoxy) is 2. The third kappa shape index (κ3) is 6.07. The molecule has 5 nitrogen and oxygen atoms in total. The lowest BCUT2D eigenvalue weighted by atomic mass is 10.0. The van der Waals surface area contributed by atoms with Gasteiger partial charge >= 0.3 is 0 Å². The van der Waals surface area contributed by atoms with E-state index in [1.165, 1.54) is 6.21 Å². The van der Waals surface area contributed by atoms with Crippen LogP contribution >= 0.6 is 31.9 Å². The average Bonchev–Trinajstić information content (AvgIpc) is 2.59. The molecule has 2 rings (SSSR count). The standard InChI is InChI=1S/C20H22Br2N2O3/c1-12(2)16-6-5-13(3)7-18(16)27-11-19(25)24-23-10-14-8-15(21)9-17(22)20(14)26-4/h5-10,12H,11H2,1-4H3,(H,24,25)/b23-10+. The number of hydrazone groups is 1. The molecule has 0 aliphatic carbocycles. The van der Waals surface area contributed by atoms with Crippen molar-refractivity contribution < 1.29 is 14.3 Å². The maximum absolute atomic E-state index is 12.1. The first-order chi connectivity index (χ1) is 12.8. The summed E-state index contributed by atoms with van der Waals surface area (Å²) in [7, 11) is 1.58. The molecule has 27 heavy (non-hydrogen) atoms. The lowest BCUT2D eigenvalue weighted by molar-refractivity contribution is -0.123. The van der Waals surface area contributed by atoms with Crippen LogP contribution in [0.3, 0.4) is 0 Å². The minimum atomic E-state index is -0.338. The molecular formula is C20H22Br2N2O3. The van der Waals surface area contributed by atoms with E-state index in [1.807, 2.05) is 37.3 Å². The van der Waals surface area contributed by atoms with E-state index >= 15 is 0 Å². The van der Waals surface area contributed by atoms with Crippen molar-refractivity contribution in [2.24, 2.45) is 5.10 Å². The van der Waals surface area contributed by atoms with Crippen molar-refractivity contribution in [1.29, 1.82) is 0 Å². The van der Waals surface area contributed by atoms with E-state index in [0.29, 0.717) is 11.7 Å². The molecule has 0 aromatic heterocycles. The Balaban J connectivity index is 2.00. The van der Waals surface area contributed by atoms with E-state index in [2.05, 4.69) is 56.2 Å². The molecule has 1 amide bonds. The lowest BCUT2D eigenvalue weighted by Crippen LogP contribution is -2.25. The van der Waals surface area contributed by atoms with Crippen LogP contribution in [0, 0.1) is 6.92 Å². The van der Waals surface area contributed by atoms with Crippen molar-refractivity contribution in [3.8, 4) is 11.5 Å². The monoisotopic (exact) mass is 496 g/mol. The fraction of sp³-hybridized carbons (Fsp3) is 0.300. The summed E-state index contributed by atoms with van der Waals surface area (Å²) >= 11 is 6.85. The van der Waals surface area contributed by atoms with Crippen LogP contribution in [0.1, 0.15) is 36.5 Å². The van der Waals surface area contributed by atoms with E-state index in [9.17, 15) is 4.79 Å². The van der Waals surface area contributed by atoms with Crippen LogP contribution in [0.2, 0.25) is 0 Å². The van der Waals surface area contributed by atoms with Gasteiger partial charge in [0.25, 0.3) is 5.91 Å². The first-order valence-electron chi connectivity index (χ1n) is 8.40. The molecule has 0 saturated carbocycles. The second kappa shape index (κ2) is 9.90. The van der Waals surface area contributed by atoms with E-state index in [0.717, 1.165) is 31.4 Å². The number of nitrogens with zero attached hydrogens (tertiary/aromatic N) is 1. The number of hydrogen-bond acceptors (Lipinski definition) is 4. The minimum absolute atomic E-state index is 0.111. The Hall–Kier alpha value is -1.86. The van der Waals surface area contributed by atoms with Crippen LogP contribution in [0.4, 0.5) is 0 Å². The van der Waals surface area contributed by atoms with Crippen molar-refractivity contribution in [2.75, 3.05) is 13.7 Å². The molecule has 0 atom stereocenters. The highest BCUT2D eigenvalue weighted by Gasteiger charge is 2.11. The third-order valence-electron chi connectivity index (χ3n) is 3.78. The summed E-state index contributed by atoms with van der Waals surface area (Å²) in [5, 5.41) is 3.99. The fourth-order valence-corrected chi connectivity index (χ4v) is 3.90. The Morgan fingerprint density at radius 2 is 2.00 bits per heavy atom. The fourth-order valence-electron chi connectivity index (χ4n) is 2.48. The Morgan fingerprint density at radius 3 is 2.67 bits per heavy atom. The van der Waals surface area contributed by atoms with E-state index < -0.39 is 0 Å². The quantitative estimate of drug-likeness (QED) is 0.423. The minimum Gasteiger partial charge on any atom is -0.495 e. The smallest absolute Gasteiger partial charge is 0.277 e. The second-order valence-electron chi connectivity index (χ2n) is 6.29. The van der Waals surface area contributed by atoms with Gasteiger partial charge in [-0.1, -0.05) is 41.9 Å². The SMILES string of the molecule is COc1c(Br)cc(Br)cc1/C=N/NC(=O)COc1cc(C)ccc1C(C)C. The van der Waals surface area contributed by atoms with Crippen molar-refractivity contribution >= 4 is 44.0 Å². The zero-order chi connectivity index (χ0) is 20.0. The molecule has 1 N–H and O–H groups in total. The Morgan fingerprint density at radius 1 is 1.26 bits per heavy atom. The lowest BCUT2D eigenvalue weighted by Gasteiger charge is -2.14. The van der Waals surface area contributed by atoms with E-state index in [-0.39, 0.29) is 12.5 Å². The first kappa shape index (κ1) is 21.4. The van der Waals surface area contributed by atoms with Crippen molar-refractivity contribution in [2.45, 2.75) is 26.7 Å². The number of amides is 1. The molecule has 0 saturated heterocycles. The molecule has 0 radical (unpaired) electrons. The highest BCUT2D eigenvalue weighted by Crippen LogP contribution is 2.31. The third-order valence-corrected chi connectivity index (χ3v) is 4.83. The number of carbonyl (C=O) groups excluding carboxylic acids is 1. The van der Waals surface area contributed by atoms with Gasteiger partial charge in [0.15, 0.2) is 6.61 Å². The topological polar surface area (TPSA) is 59.9 Å². The summed E-state index contributed by atoms with van der Waals surface area (Å²) in [5.74, 6) is 1.33. The van der Waals surface area contributed by atoms with Crippen LogP contribution in [0.15, 0.2) is 44.4 Å². The normalized spacial score (nSPS) is 11.1. The number of hydrogen-bond donors (Lipinski definition) is 1. The molecule has 0 bridgehead atoms. The van der Waals surface area contributed by atoms with E-state index in [4.69, 9.17) is 9.47 Å². The van der Waals surface area contributed by atoms with Crippen molar-refractivity contribution in [3.63, 3.8) is 0 Å². The van der Waals surface area contributed by atoms with Gasteiger partial charge in [-0.15, -0.1) is 0 Å². The molecule has 2 aromatic rings. The maximum atomic E-state index is 12.1. The number of benzene rings is 2. The number of nitrogens with one attached hydrogen (secondary N) is 1. The summed E-state index contributed by atoms with van der Waals surface area (Å²) in [6.07, 6.45) is 1.53. The summed E-state index contributed by atoms with van der Waals surface area (Å²) < 4.78 is 12.7. The van der Waals surface area contributed by atoms with Crippen LogP contribution < -0.4 is 14.9 Å². The number of methoxy groups -OCH3 is 1. The van der Waals surface area contributed by atoms with Gasteiger partial charge < -0.3 is 9.47 Å². The predicted octanol–water partition coefficient (Wildman–Crippen LogP) is 5.18. The summed E-state index contributed by atoms with van der Waals surface area (Å²) in [4.78, 5) is 12.1. The number of aryl methyl sites for hydroxylation is 1. The molecule has 144 valence electrons. The number of halogens is 2.